The first kappa shape index (κ1) is 20.4. The number of likely N-dealkylation sites (tertiary alicyclic amines) is 1. The molecule has 0 spiro atoms. The molecule has 0 radical (unpaired) electrons. The van der Waals surface area contributed by atoms with E-state index in [9.17, 15) is 4.79 Å². The number of methoxy groups -OCH3 is 2. The number of aromatic nitrogens is 2. The van der Waals surface area contributed by atoms with E-state index in [4.69, 9.17) is 14.2 Å². The van der Waals surface area contributed by atoms with Crippen LogP contribution in [0.2, 0.25) is 0 Å². The van der Waals surface area contributed by atoms with Gasteiger partial charge in [-0.15, -0.1) is 0 Å². The Hall–Kier alpha value is -2.38. The zero-order valence-corrected chi connectivity index (χ0v) is 16.9. The SMILES string of the molecule is CCOc1ccc(CN2CCCC(c3nc(COC)cc(=O)[nH]3)C2)cc1OC. The van der Waals surface area contributed by atoms with Crippen LogP contribution in [0.4, 0.5) is 0 Å². The lowest BCUT2D eigenvalue weighted by Gasteiger charge is -2.32. The maximum Gasteiger partial charge on any atom is 0.251 e. The summed E-state index contributed by atoms with van der Waals surface area (Å²) < 4.78 is 16.2. The summed E-state index contributed by atoms with van der Waals surface area (Å²) >= 11 is 0. The minimum absolute atomic E-state index is 0.120. The number of aromatic amines is 1. The van der Waals surface area contributed by atoms with Crippen molar-refractivity contribution in [3.05, 3.63) is 51.7 Å². The van der Waals surface area contributed by atoms with Crippen LogP contribution in [-0.4, -0.2) is 48.8 Å². The average Bonchev–Trinajstić information content (AvgIpc) is 2.69. The number of ether oxygens (including phenoxy) is 3. The van der Waals surface area contributed by atoms with Crippen molar-refractivity contribution in [3.8, 4) is 11.5 Å². The highest BCUT2D eigenvalue weighted by Crippen LogP contribution is 2.30. The van der Waals surface area contributed by atoms with Crippen LogP contribution < -0.4 is 15.0 Å². The second-order valence-electron chi connectivity index (χ2n) is 7.05. The first-order valence-electron chi connectivity index (χ1n) is 9.74. The Bertz CT molecular complexity index is 837. The summed E-state index contributed by atoms with van der Waals surface area (Å²) in [5.74, 6) is 2.49. The molecule has 1 unspecified atom stereocenters. The molecule has 0 bridgehead atoms. The average molecular weight is 387 g/mol. The van der Waals surface area contributed by atoms with Gasteiger partial charge in [0.25, 0.3) is 5.56 Å². The number of hydrogen-bond donors (Lipinski definition) is 1. The second kappa shape index (κ2) is 9.71. The summed E-state index contributed by atoms with van der Waals surface area (Å²) in [6.07, 6.45) is 2.08. The minimum atomic E-state index is -0.120. The van der Waals surface area contributed by atoms with Gasteiger partial charge in [-0.1, -0.05) is 6.07 Å². The molecule has 1 aliphatic rings. The largest absolute Gasteiger partial charge is 0.493 e. The van der Waals surface area contributed by atoms with Gasteiger partial charge in [0.15, 0.2) is 11.5 Å². The molecule has 0 amide bonds. The Kier molecular flexibility index (Phi) is 7.06. The molecule has 1 N–H and O–H groups in total. The fraction of sp³-hybridized carbons (Fsp3) is 0.524. The van der Waals surface area contributed by atoms with Gasteiger partial charge in [0, 0.05) is 32.2 Å². The van der Waals surface area contributed by atoms with E-state index in [-0.39, 0.29) is 11.5 Å². The Morgan fingerprint density at radius 3 is 2.86 bits per heavy atom. The molecule has 2 aromatic rings. The van der Waals surface area contributed by atoms with E-state index in [1.54, 1.807) is 14.2 Å². The predicted molar refractivity (Wildman–Crippen MR) is 107 cm³/mol. The van der Waals surface area contributed by atoms with Crippen LogP contribution in [0.3, 0.4) is 0 Å². The molecule has 1 aromatic heterocycles. The van der Waals surface area contributed by atoms with Gasteiger partial charge >= 0.3 is 0 Å². The summed E-state index contributed by atoms with van der Waals surface area (Å²) in [5, 5.41) is 0. The normalized spacial score (nSPS) is 17.5. The van der Waals surface area contributed by atoms with Crippen LogP contribution >= 0.6 is 0 Å². The van der Waals surface area contributed by atoms with Crippen molar-refractivity contribution >= 4 is 0 Å². The number of nitrogens with one attached hydrogen (secondary N) is 1. The van der Waals surface area contributed by atoms with Crippen molar-refractivity contribution in [1.82, 2.24) is 14.9 Å². The summed E-state index contributed by atoms with van der Waals surface area (Å²) in [6, 6.07) is 7.58. The second-order valence-corrected chi connectivity index (χ2v) is 7.05. The van der Waals surface area contributed by atoms with Crippen molar-refractivity contribution in [2.45, 2.75) is 38.8 Å². The van der Waals surface area contributed by atoms with E-state index in [2.05, 4.69) is 20.9 Å². The Morgan fingerprint density at radius 1 is 1.25 bits per heavy atom. The van der Waals surface area contributed by atoms with E-state index in [0.29, 0.717) is 18.9 Å². The Balaban J connectivity index is 1.71. The van der Waals surface area contributed by atoms with Crippen molar-refractivity contribution in [1.29, 1.82) is 0 Å². The molecule has 152 valence electrons. The van der Waals surface area contributed by atoms with Gasteiger partial charge in [-0.3, -0.25) is 9.69 Å². The molecule has 2 heterocycles. The first-order chi connectivity index (χ1) is 13.6. The molecule has 0 aliphatic carbocycles. The molecule has 0 saturated carbocycles. The smallest absolute Gasteiger partial charge is 0.251 e. The predicted octanol–water partition coefficient (Wildman–Crippen LogP) is 2.70. The molecule has 1 aromatic carbocycles. The van der Waals surface area contributed by atoms with Gasteiger partial charge in [0.05, 0.1) is 26.0 Å². The fourth-order valence-electron chi connectivity index (χ4n) is 3.71. The Morgan fingerprint density at radius 2 is 2.11 bits per heavy atom. The lowest BCUT2D eigenvalue weighted by Crippen LogP contribution is -2.35. The highest BCUT2D eigenvalue weighted by atomic mass is 16.5. The van der Waals surface area contributed by atoms with Gasteiger partial charge < -0.3 is 19.2 Å². The quantitative estimate of drug-likeness (QED) is 0.751. The third-order valence-corrected chi connectivity index (χ3v) is 4.93. The lowest BCUT2D eigenvalue weighted by atomic mass is 9.96. The maximum absolute atomic E-state index is 12.0. The topological polar surface area (TPSA) is 76.7 Å². The zero-order chi connectivity index (χ0) is 19.9. The molecule has 7 heteroatoms. The van der Waals surface area contributed by atoms with Gasteiger partial charge in [0.1, 0.15) is 5.82 Å². The van der Waals surface area contributed by atoms with Crippen LogP contribution in [0, 0.1) is 0 Å². The summed E-state index contributed by atoms with van der Waals surface area (Å²) in [4.78, 5) is 21.9. The minimum Gasteiger partial charge on any atom is -0.493 e. The number of H-pyrrole nitrogens is 1. The molecule has 1 fully saturated rings. The molecule has 28 heavy (non-hydrogen) atoms. The number of hydrogen-bond acceptors (Lipinski definition) is 6. The van der Waals surface area contributed by atoms with Crippen LogP contribution in [0.1, 0.15) is 42.8 Å². The fourth-order valence-corrected chi connectivity index (χ4v) is 3.71. The van der Waals surface area contributed by atoms with Crippen LogP contribution in [-0.2, 0) is 17.9 Å². The third kappa shape index (κ3) is 5.11. The highest BCUT2D eigenvalue weighted by molar-refractivity contribution is 5.43. The first-order valence-corrected chi connectivity index (χ1v) is 9.74. The van der Waals surface area contributed by atoms with E-state index < -0.39 is 0 Å². The molecular weight excluding hydrogens is 358 g/mol. The zero-order valence-electron chi connectivity index (χ0n) is 16.9. The third-order valence-electron chi connectivity index (χ3n) is 4.93. The monoisotopic (exact) mass is 387 g/mol. The number of nitrogens with zero attached hydrogens (tertiary/aromatic N) is 2. The maximum atomic E-state index is 12.0. The summed E-state index contributed by atoms with van der Waals surface area (Å²) in [7, 11) is 3.27. The molecule has 1 saturated heterocycles. The van der Waals surface area contributed by atoms with Crippen molar-refractivity contribution in [3.63, 3.8) is 0 Å². The van der Waals surface area contributed by atoms with E-state index in [1.807, 2.05) is 19.1 Å². The molecule has 1 atom stereocenters. The van der Waals surface area contributed by atoms with E-state index in [1.165, 1.54) is 11.6 Å². The van der Waals surface area contributed by atoms with Crippen molar-refractivity contribution < 1.29 is 14.2 Å². The van der Waals surface area contributed by atoms with Gasteiger partial charge in [-0.05, 0) is 44.0 Å². The number of rotatable bonds is 8. The van der Waals surface area contributed by atoms with Crippen molar-refractivity contribution in [2.24, 2.45) is 0 Å². The van der Waals surface area contributed by atoms with Crippen molar-refractivity contribution in [2.75, 3.05) is 33.9 Å². The number of piperidine rings is 1. The standard InChI is InChI=1S/C21H29N3O4/c1-4-28-18-8-7-15(10-19(18)27-3)12-24-9-5-6-16(13-24)21-22-17(14-26-2)11-20(25)23-21/h7-8,10-11,16H,4-6,9,12-14H2,1-3H3,(H,22,23,25). The summed E-state index contributed by atoms with van der Waals surface area (Å²) in [5.41, 5.74) is 1.73. The van der Waals surface area contributed by atoms with Crippen LogP contribution in [0.5, 0.6) is 11.5 Å². The van der Waals surface area contributed by atoms with E-state index in [0.717, 1.165) is 49.8 Å². The van der Waals surface area contributed by atoms with E-state index >= 15 is 0 Å². The summed E-state index contributed by atoms with van der Waals surface area (Å²) in [6.45, 7) is 5.61. The molecule has 3 rings (SSSR count). The van der Waals surface area contributed by atoms with Crippen LogP contribution in [0.25, 0.3) is 0 Å². The van der Waals surface area contributed by atoms with Gasteiger partial charge in [-0.25, -0.2) is 4.98 Å². The highest BCUT2D eigenvalue weighted by Gasteiger charge is 2.24. The molecule has 1 aliphatic heterocycles. The van der Waals surface area contributed by atoms with Crippen LogP contribution in [0.15, 0.2) is 29.1 Å². The lowest BCUT2D eigenvalue weighted by molar-refractivity contribution is 0.178. The molecule has 7 nitrogen and oxygen atoms in total. The van der Waals surface area contributed by atoms with Gasteiger partial charge in [-0.2, -0.15) is 0 Å². The number of benzene rings is 1. The Labute approximate surface area is 165 Å². The molecular formula is C21H29N3O4. The van der Waals surface area contributed by atoms with Gasteiger partial charge in [0.2, 0.25) is 0 Å².